The van der Waals surface area contributed by atoms with Crippen molar-refractivity contribution in [2.75, 3.05) is 30.4 Å². The van der Waals surface area contributed by atoms with Gasteiger partial charge in [-0.1, -0.05) is 18.2 Å². The number of fused-ring (bicyclic) bond motifs is 1. The standard InChI is InChI=1S/C23H18F2N4OS/c1-28-12-19(30)29(2)16-9-8-13(11-17(16)28)21-22(14-5-3-6-15(24)20(14)25)27-23(26-21)18-7-4-10-31-18/h3-11H,12H2,1-2H3,(H,26,27). The quantitative estimate of drug-likeness (QED) is 0.483. The van der Waals surface area contributed by atoms with E-state index >= 15 is 0 Å². The lowest BCUT2D eigenvalue weighted by molar-refractivity contribution is -0.117. The summed E-state index contributed by atoms with van der Waals surface area (Å²) < 4.78 is 28.7. The van der Waals surface area contributed by atoms with Gasteiger partial charge in [-0.05, 0) is 35.7 Å². The van der Waals surface area contributed by atoms with Gasteiger partial charge < -0.3 is 14.8 Å². The van der Waals surface area contributed by atoms with Crippen LogP contribution in [0.2, 0.25) is 0 Å². The number of rotatable bonds is 3. The normalized spacial score (nSPS) is 13.6. The Bertz CT molecular complexity index is 1300. The molecule has 0 spiro atoms. The van der Waals surface area contributed by atoms with Crippen LogP contribution in [0.3, 0.4) is 0 Å². The lowest BCUT2D eigenvalue weighted by Crippen LogP contribution is -2.42. The molecule has 0 fully saturated rings. The first-order chi connectivity index (χ1) is 14.9. The molecule has 0 saturated heterocycles. The molecule has 31 heavy (non-hydrogen) atoms. The van der Waals surface area contributed by atoms with E-state index in [4.69, 9.17) is 4.98 Å². The number of halogens is 2. The van der Waals surface area contributed by atoms with Crippen LogP contribution >= 0.6 is 11.3 Å². The third-order valence-electron chi connectivity index (χ3n) is 5.45. The van der Waals surface area contributed by atoms with Gasteiger partial charge in [0.2, 0.25) is 5.91 Å². The van der Waals surface area contributed by atoms with E-state index < -0.39 is 11.6 Å². The summed E-state index contributed by atoms with van der Waals surface area (Å²) in [6.45, 7) is 0.263. The highest BCUT2D eigenvalue weighted by atomic mass is 32.1. The maximum Gasteiger partial charge on any atom is 0.246 e. The van der Waals surface area contributed by atoms with Crippen LogP contribution in [0.5, 0.6) is 0 Å². The van der Waals surface area contributed by atoms with Gasteiger partial charge in [-0.3, -0.25) is 4.79 Å². The Morgan fingerprint density at radius 3 is 2.68 bits per heavy atom. The molecule has 0 radical (unpaired) electrons. The molecule has 5 nitrogen and oxygen atoms in total. The SMILES string of the molecule is CN1CC(=O)N(C)c2ccc(-c3nc(-c4cccs4)[nH]c3-c3cccc(F)c3F)cc21. The summed E-state index contributed by atoms with van der Waals surface area (Å²) in [5, 5.41) is 1.93. The molecule has 1 aliphatic heterocycles. The number of carbonyl (C=O) groups excluding carboxylic acids is 1. The summed E-state index contributed by atoms with van der Waals surface area (Å²) in [6.07, 6.45) is 0. The molecular formula is C23H18F2N4OS. The molecular weight excluding hydrogens is 418 g/mol. The zero-order valence-electron chi connectivity index (χ0n) is 16.8. The molecule has 3 heterocycles. The number of H-pyrrole nitrogens is 1. The number of carbonyl (C=O) groups is 1. The van der Waals surface area contributed by atoms with Gasteiger partial charge in [0, 0.05) is 25.2 Å². The van der Waals surface area contributed by atoms with E-state index in [1.807, 2.05) is 47.7 Å². The van der Waals surface area contributed by atoms with Gasteiger partial charge in [0.25, 0.3) is 0 Å². The summed E-state index contributed by atoms with van der Waals surface area (Å²) in [4.78, 5) is 24.5. The van der Waals surface area contributed by atoms with Crippen LogP contribution in [-0.2, 0) is 4.79 Å². The van der Waals surface area contributed by atoms with Crippen molar-refractivity contribution in [3.63, 3.8) is 0 Å². The molecule has 0 aliphatic carbocycles. The van der Waals surface area contributed by atoms with E-state index in [1.165, 1.54) is 23.5 Å². The van der Waals surface area contributed by atoms with Gasteiger partial charge in [0.15, 0.2) is 11.6 Å². The minimum atomic E-state index is -0.925. The second-order valence-corrected chi connectivity index (χ2v) is 8.35. The molecule has 1 amide bonds. The number of thiophene rings is 1. The number of hydrogen-bond donors (Lipinski definition) is 1. The number of anilines is 2. The van der Waals surface area contributed by atoms with Crippen LogP contribution in [-0.4, -0.2) is 36.5 Å². The topological polar surface area (TPSA) is 52.2 Å². The minimum absolute atomic E-state index is 0.00465. The summed E-state index contributed by atoms with van der Waals surface area (Å²) >= 11 is 1.51. The molecule has 0 saturated carbocycles. The molecule has 0 unspecified atom stereocenters. The summed E-state index contributed by atoms with van der Waals surface area (Å²) in [6, 6.07) is 13.5. The van der Waals surface area contributed by atoms with Crippen molar-refractivity contribution in [1.29, 1.82) is 0 Å². The Labute approximate surface area is 181 Å². The maximum absolute atomic E-state index is 14.7. The van der Waals surface area contributed by atoms with Crippen LogP contribution < -0.4 is 9.80 Å². The third kappa shape index (κ3) is 3.19. The molecule has 2 aromatic carbocycles. The van der Waals surface area contributed by atoms with Crippen molar-refractivity contribution < 1.29 is 13.6 Å². The Hall–Kier alpha value is -3.52. The molecule has 2 aromatic heterocycles. The Morgan fingerprint density at radius 2 is 1.90 bits per heavy atom. The van der Waals surface area contributed by atoms with E-state index in [1.54, 1.807) is 11.9 Å². The van der Waals surface area contributed by atoms with Gasteiger partial charge in [-0.2, -0.15) is 0 Å². The number of nitrogens with one attached hydrogen (secondary N) is 1. The first-order valence-corrected chi connectivity index (χ1v) is 10.5. The van der Waals surface area contributed by atoms with Crippen molar-refractivity contribution in [2.45, 2.75) is 0 Å². The first kappa shape index (κ1) is 19.4. The van der Waals surface area contributed by atoms with E-state index in [9.17, 15) is 13.6 Å². The van der Waals surface area contributed by atoms with E-state index in [2.05, 4.69) is 4.98 Å². The molecule has 4 aromatic rings. The first-order valence-electron chi connectivity index (χ1n) is 9.64. The van der Waals surface area contributed by atoms with Crippen LogP contribution in [0.15, 0.2) is 53.9 Å². The van der Waals surface area contributed by atoms with Crippen molar-refractivity contribution in [3.05, 3.63) is 65.5 Å². The van der Waals surface area contributed by atoms with E-state index in [0.717, 1.165) is 27.9 Å². The highest BCUT2D eigenvalue weighted by molar-refractivity contribution is 7.13. The van der Waals surface area contributed by atoms with Gasteiger partial charge >= 0.3 is 0 Å². The minimum Gasteiger partial charge on any atom is -0.364 e. The average molecular weight is 436 g/mol. The molecule has 1 N–H and O–H groups in total. The van der Waals surface area contributed by atoms with Crippen molar-refractivity contribution in [2.24, 2.45) is 0 Å². The van der Waals surface area contributed by atoms with Crippen LogP contribution in [0.4, 0.5) is 20.2 Å². The predicted molar refractivity (Wildman–Crippen MR) is 119 cm³/mol. The van der Waals surface area contributed by atoms with Crippen LogP contribution in [0.1, 0.15) is 0 Å². The van der Waals surface area contributed by atoms with E-state index in [0.29, 0.717) is 17.2 Å². The molecule has 0 bridgehead atoms. The zero-order chi connectivity index (χ0) is 21.7. The second kappa shape index (κ2) is 7.31. The molecule has 0 atom stereocenters. The maximum atomic E-state index is 14.7. The zero-order valence-corrected chi connectivity index (χ0v) is 17.6. The number of aromatic nitrogens is 2. The number of likely N-dealkylation sites (N-methyl/N-ethyl adjacent to an activating group) is 2. The largest absolute Gasteiger partial charge is 0.364 e. The van der Waals surface area contributed by atoms with Crippen LogP contribution in [0.25, 0.3) is 33.2 Å². The van der Waals surface area contributed by atoms with Gasteiger partial charge in [-0.25, -0.2) is 13.8 Å². The lowest BCUT2D eigenvalue weighted by atomic mass is 10.0. The van der Waals surface area contributed by atoms with Crippen molar-refractivity contribution in [3.8, 4) is 33.2 Å². The van der Waals surface area contributed by atoms with Crippen molar-refractivity contribution >= 4 is 28.6 Å². The van der Waals surface area contributed by atoms with Crippen LogP contribution in [0, 0.1) is 11.6 Å². The Balaban J connectivity index is 1.71. The summed E-state index contributed by atoms with van der Waals surface area (Å²) in [7, 11) is 3.59. The molecule has 8 heteroatoms. The number of nitrogens with zero attached hydrogens (tertiary/aromatic N) is 3. The smallest absolute Gasteiger partial charge is 0.246 e. The Morgan fingerprint density at radius 1 is 1.06 bits per heavy atom. The number of amides is 1. The number of imidazole rings is 1. The van der Waals surface area contributed by atoms with Gasteiger partial charge in [-0.15, -0.1) is 11.3 Å². The lowest BCUT2D eigenvalue weighted by Gasteiger charge is -2.33. The molecule has 156 valence electrons. The summed E-state index contributed by atoms with van der Waals surface area (Å²) in [5.41, 5.74) is 3.43. The Kier molecular flexibility index (Phi) is 4.59. The predicted octanol–water partition coefficient (Wildman–Crippen LogP) is 5.16. The van der Waals surface area contributed by atoms with Gasteiger partial charge in [0.1, 0.15) is 5.82 Å². The summed E-state index contributed by atoms with van der Waals surface area (Å²) in [5.74, 6) is -1.25. The van der Waals surface area contributed by atoms with E-state index in [-0.39, 0.29) is 18.0 Å². The number of benzene rings is 2. The molecule has 5 rings (SSSR count). The average Bonchev–Trinajstić information content (AvgIpc) is 3.44. The monoisotopic (exact) mass is 436 g/mol. The van der Waals surface area contributed by atoms with Crippen molar-refractivity contribution in [1.82, 2.24) is 9.97 Å². The third-order valence-corrected chi connectivity index (χ3v) is 6.32. The number of aromatic amines is 1. The number of hydrogen-bond acceptors (Lipinski definition) is 4. The molecule has 1 aliphatic rings. The fraction of sp³-hybridized carbons (Fsp3) is 0.130. The fourth-order valence-corrected chi connectivity index (χ4v) is 4.46. The van der Waals surface area contributed by atoms with Gasteiger partial charge in [0.05, 0.1) is 34.2 Å². The highest BCUT2D eigenvalue weighted by Crippen LogP contribution is 2.40. The fourth-order valence-electron chi connectivity index (χ4n) is 3.79. The highest BCUT2D eigenvalue weighted by Gasteiger charge is 2.26. The second-order valence-electron chi connectivity index (χ2n) is 7.40.